The maximum absolute atomic E-state index is 14.2. The van der Waals surface area contributed by atoms with Crippen molar-refractivity contribution in [2.45, 2.75) is 50.7 Å². The van der Waals surface area contributed by atoms with Crippen LogP contribution in [0.15, 0.2) is 60.1 Å². The summed E-state index contributed by atoms with van der Waals surface area (Å²) < 4.78 is 14.2. The van der Waals surface area contributed by atoms with E-state index in [-0.39, 0.29) is 24.4 Å². The Morgan fingerprint density at radius 1 is 1.15 bits per heavy atom. The molecule has 1 aromatic heterocycles. The van der Waals surface area contributed by atoms with E-state index in [1.54, 1.807) is 18.3 Å². The van der Waals surface area contributed by atoms with E-state index in [0.717, 1.165) is 41.9 Å². The van der Waals surface area contributed by atoms with Gasteiger partial charge in [-0.3, -0.25) is 14.5 Å². The van der Waals surface area contributed by atoms with Crippen LogP contribution in [0.2, 0.25) is 0 Å². The normalized spacial score (nSPS) is 18.2. The molecule has 1 aliphatic heterocycles. The number of carbonyl (C=O) groups excluding carboxylic acids is 2. The standard InChI is InChI=1S/C26H27FN4O2S/c27-18-7-6-10-20(15-18)31(24(32)17-28-16-23-29-13-14-34-23)25-21-11-4-5-12-22(21)30(26(25)33)19-8-2-1-3-9-19/h4-7,10-15,19,25,28H,1-3,8-9,16-17H2. The van der Waals surface area contributed by atoms with Gasteiger partial charge in [-0.2, -0.15) is 0 Å². The highest BCUT2D eigenvalue weighted by molar-refractivity contribution is 7.09. The molecule has 1 unspecified atom stereocenters. The minimum absolute atomic E-state index is 0.00543. The molecule has 0 bridgehead atoms. The van der Waals surface area contributed by atoms with Gasteiger partial charge < -0.3 is 10.2 Å². The average Bonchev–Trinajstić information content (AvgIpc) is 3.46. The summed E-state index contributed by atoms with van der Waals surface area (Å²) in [5, 5.41) is 5.88. The van der Waals surface area contributed by atoms with Crippen molar-refractivity contribution in [2.24, 2.45) is 0 Å². The smallest absolute Gasteiger partial charge is 0.255 e. The number of hydrogen-bond acceptors (Lipinski definition) is 5. The molecule has 1 N–H and O–H groups in total. The van der Waals surface area contributed by atoms with E-state index in [0.29, 0.717) is 12.2 Å². The van der Waals surface area contributed by atoms with Crippen LogP contribution < -0.4 is 15.1 Å². The first-order chi connectivity index (χ1) is 16.6. The second-order valence-electron chi connectivity index (χ2n) is 8.73. The van der Waals surface area contributed by atoms with Crippen LogP contribution in [0.4, 0.5) is 15.8 Å². The summed E-state index contributed by atoms with van der Waals surface area (Å²) >= 11 is 1.50. The zero-order valence-electron chi connectivity index (χ0n) is 18.8. The molecule has 0 radical (unpaired) electrons. The molecule has 1 fully saturated rings. The lowest BCUT2D eigenvalue weighted by molar-refractivity contribution is -0.124. The third-order valence-electron chi connectivity index (χ3n) is 6.55. The number of aromatic nitrogens is 1. The first kappa shape index (κ1) is 22.7. The molecule has 5 rings (SSSR count). The number of nitrogens with one attached hydrogen (secondary N) is 1. The number of hydrogen-bond donors (Lipinski definition) is 1. The molecule has 6 nitrogen and oxygen atoms in total. The van der Waals surface area contributed by atoms with E-state index in [4.69, 9.17) is 0 Å². The Bertz CT molecular complexity index is 1160. The predicted octanol–water partition coefficient (Wildman–Crippen LogP) is 4.83. The lowest BCUT2D eigenvalue weighted by Gasteiger charge is -2.33. The van der Waals surface area contributed by atoms with Crippen LogP contribution in [-0.4, -0.2) is 29.4 Å². The Kier molecular flexibility index (Phi) is 6.69. The van der Waals surface area contributed by atoms with Crippen molar-refractivity contribution in [1.29, 1.82) is 0 Å². The second kappa shape index (κ2) is 10.0. The Hall–Kier alpha value is -3.10. The number of para-hydroxylation sites is 1. The van der Waals surface area contributed by atoms with Gasteiger partial charge in [-0.05, 0) is 37.1 Å². The summed E-state index contributed by atoms with van der Waals surface area (Å²) in [6.45, 7) is 0.454. The van der Waals surface area contributed by atoms with Crippen molar-refractivity contribution >= 4 is 34.5 Å². The van der Waals surface area contributed by atoms with Gasteiger partial charge >= 0.3 is 0 Å². The summed E-state index contributed by atoms with van der Waals surface area (Å²) in [5.74, 6) is -0.861. The number of benzene rings is 2. The summed E-state index contributed by atoms with van der Waals surface area (Å²) in [4.78, 5) is 35.1. The molecule has 1 aliphatic carbocycles. The number of anilines is 2. The molecule has 0 spiro atoms. The topological polar surface area (TPSA) is 65.5 Å². The van der Waals surface area contributed by atoms with E-state index in [1.807, 2.05) is 34.5 Å². The molecule has 8 heteroatoms. The summed E-state index contributed by atoms with van der Waals surface area (Å²) in [7, 11) is 0. The Morgan fingerprint density at radius 2 is 1.97 bits per heavy atom. The minimum Gasteiger partial charge on any atom is -0.307 e. The molecule has 1 atom stereocenters. The summed E-state index contributed by atoms with van der Waals surface area (Å²) in [6, 6.07) is 12.9. The first-order valence-electron chi connectivity index (χ1n) is 11.7. The van der Waals surface area contributed by atoms with Gasteiger partial charge in [0.2, 0.25) is 5.91 Å². The highest BCUT2D eigenvalue weighted by Gasteiger charge is 2.45. The van der Waals surface area contributed by atoms with E-state index in [1.165, 1.54) is 34.8 Å². The van der Waals surface area contributed by atoms with Crippen LogP contribution in [-0.2, 0) is 16.1 Å². The molecule has 3 aromatic rings. The Morgan fingerprint density at radius 3 is 2.74 bits per heavy atom. The van der Waals surface area contributed by atoms with Crippen LogP contribution in [0.25, 0.3) is 0 Å². The van der Waals surface area contributed by atoms with Gasteiger partial charge in [-0.15, -0.1) is 11.3 Å². The van der Waals surface area contributed by atoms with Crippen LogP contribution in [0.1, 0.15) is 48.7 Å². The molecule has 176 valence electrons. The van der Waals surface area contributed by atoms with Crippen molar-refractivity contribution in [1.82, 2.24) is 10.3 Å². The molecule has 2 aliphatic rings. The van der Waals surface area contributed by atoms with Gasteiger partial charge in [-0.25, -0.2) is 9.37 Å². The zero-order chi connectivity index (χ0) is 23.5. The van der Waals surface area contributed by atoms with Crippen molar-refractivity contribution in [2.75, 3.05) is 16.3 Å². The van der Waals surface area contributed by atoms with E-state index in [9.17, 15) is 14.0 Å². The largest absolute Gasteiger partial charge is 0.307 e. The van der Waals surface area contributed by atoms with Crippen molar-refractivity contribution in [3.8, 4) is 0 Å². The van der Waals surface area contributed by atoms with Crippen LogP contribution in [0.5, 0.6) is 0 Å². The number of nitrogens with zero attached hydrogens (tertiary/aromatic N) is 3. The van der Waals surface area contributed by atoms with E-state index < -0.39 is 11.9 Å². The number of thiazole rings is 1. The third-order valence-corrected chi connectivity index (χ3v) is 7.33. The predicted molar refractivity (Wildman–Crippen MR) is 131 cm³/mol. The molecular weight excluding hydrogens is 451 g/mol. The Labute approximate surface area is 202 Å². The van der Waals surface area contributed by atoms with E-state index in [2.05, 4.69) is 10.3 Å². The van der Waals surface area contributed by atoms with Crippen LogP contribution in [0, 0.1) is 5.82 Å². The minimum atomic E-state index is -0.825. The van der Waals surface area contributed by atoms with E-state index >= 15 is 0 Å². The van der Waals surface area contributed by atoms with Crippen LogP contribution >= 0.6 is 11.3 Å². The molecule has 2 aromatic carbocycles. The van der Waals surface area contributed by atoms with Crippen LogP contribution in [0.3, 0.4) is 0 Å². The number of carbonyl (C=O) groups is 2. The van der Waals surface area contributed by atoms with Gasteiger partial charge in [0.25, 0.3) is 5.91 Å². The first-order valence-corrected chi connectivity index (χ1v) is 12.6. The van der Waals surface area contributed by atoms with Crippen molar-refractivity contribution < 1.29 is 14.0 Å². The molecule has 0 saturated heterocycles. The maximum atomic E-state index is 14.2. The fourth-order valence-electron chi connectivity index (χ4n) is 5.05. The summed E-state index contributed by atoms with van der Waals surface area (Å²) in [6.07, 6.45) is 6.99. The fraction of sp³-hybridized carbons (Fsp3) is 0.346. The number of halogens is 1. The fourth-order valence-corrected chi connectivity index (χ4v) is 5.64. The number of fused-ring (bicyclic) bond motifs is 1. The average molecular weight is 479 g/mol. The number of amides is 2. The molecular formula is C26H27FN4O2S. The lowest BCUT2D eigenvalue weighted by Crippen LogP contribution is -2.47. The van der Waals surface area contributed by atoms with Crippen molar-refractivity contribution in [3.05, 3.63) is 76.5 Å². The van der Waals surface area contributed by atoms with Gasteiger partial charge in [0.1, 0.15) is 16.9 Å². The number of rotatable bonds is 7. The Balaban J connectivity index is 1.48. The third kappa shape index (κ3) is 4.48. The van der Waals surface area contributed by atoms with Gasteiger partial charge in [0.15, 0.2) is 0 Å². The molecule has 34 heavy (non-hydrogen) atoms. The molecule has 2 heterocycles. The maximum Gasteiger partial charge on any atom is 0.255 e. The van der Waals surface area contributed by atoms with Crippen molar-refractivity contribution in [3.63, 3.8) is 0 Å². The highest BCUT2D eigenvalue weighted by Crippen LogP contribution is 2.44. The zero-order valence-corrected chi connectivity index (χ0v) is 19.6. The SMILES string of the molecule is O=C1C(N(C(=O)CNCc2nccs2)c2cccc(F)c2)c2ccccc2N1C1CCCCC1. The monoisotopic (exact) mass is 478 g/mol. The quantitative estimate of drug-likeness (QED) is 0.529. The van der Waals surface area contributed by atoms with Gasteiger partial charge in [0, 0.05) is 41.1 Å². The highest BCUT2D eigenvalue weighted by atomic mass is 32.1. The molecule has 1 saturated carbocycles. The molecule has 2 amide bonds. The van der Waals surface area contributed by atoms with Gasteiger partial charge in [-0.1, -0.05) is 43.5 Å². The second-order valence-corrected chi connectivity index (χ2v) is 9.71. The lowest BCUT2D eigenvalue weighted by atomic mass is 9.94. The van der Waals surface area contributed by atoms with Gasteiger partial charge in [0.05, 0.1) is 6.54 Å². The summed E-state index contributed by atoms with van der Waals surface area (Å²) in [5.41, 5.74) is 2.02.